The van der Waals surface area contributed by atoms with Crippen molar-refractivity contribution >= 4 is 5.69 Å². The largest absolute Gasteiger partial charge is 0.457 e. The van der Waals surface area contributed by atoms with Crippen molar-refractivity contribution in [2.45, 2.75) is 0 Å². The molecule has 5 heteroatoms. The van der Waals surface area contributed by atoms with Crippen LogP contribution in [-0.4, -0.2) is 4.87 Å². The number of rotatable bonds is 3. The quantitative estimate of drug-likeness (QED) is 0.503. The maximum absolute atomic E-state index is 12.7. The number of nitrogens with zero attached hydrogens (tertiary/aromatic N) is 1. The van der Waals surface area contributed by atoms with Gasteiger partial charge in [0, 0.05) is 6.07 Å². The van der Waals surface area contributed by atoms with Gasteiger partial charge in [-0.1, -0.05) is 0 Å². The van der Waals surface area contributed by atoms with E-state index in [4.69, 9.17) is 10.6 Å². The van der Waals surface area contributed by atoms with Crippen molar-refractivity contribution in [1.82, 2.24) is 0 Å². The molecule has 0 saturated carbocycles. The van der Waals surface area contributed by atoms with Gasteiger partial charge < -0.3 is 4.74 Å². The first-order chi connectivity index (χ1) is 8.15. The van der Waals surface area contributed by atoms with Crippen molar-refractivity contribution in [3.8, 4) is 11.5 Å². The summed E-state index contributed by atoms with van der Waals surface area (Å²) >= 11 is 0. The summed E-state index contributed by atoms with van der Waals surface area (Å²) < 4.78 is 18.1. The molecule has 2 aromatic carbocycles. The van der Waals surface area contributed by atoms with Crippen molar-refractivity contribution in [3.05, 3.63) is 59.3 Å². The van der Waals surface area contributed by atoms with E-state index in [2.05, 4.69) is 6.07 Å². The Morgan fingerprint density at radius 1 is 1.18 bits per heavy atom. The van der Waals surface area contributed by atoms with Crippen LogP contribution in [0.3, 0.4) is 0 Å². The van der Waals surface area contributed by atoms with Gasteiger partial charge in [0.1, 0.15) is 17.3 Å². The van der Waals surface area contributed by atoms with E-state index >= 15 is 0 Å². The smallest absolute Gasteiger partial charge is 0.295 e. The first-order valence-electron chi connectivity index (χ1n) is 4.82. The Labute approximate surface area is 97.0 Å². The van der Waals surface area contributed by atoms with Crippen LogP contribution in [0.4, 0.5) is 10.1 Å². The van der Waals surface area contributed by atoms with Gasteiger partial charge in [0.25, 0.3) is 5.69 Å². The van der Waals surface area contributed by atoms with Gasteiger partial charge in [0.05, 0.1) is 11.0 Å². The molecule has 0 unspecified atom stereocenters. The zero-order valence-electron chi connectivity index (χ0n) is 8.76. The summed E-state index contributed by atoms with van der Waals surface area (Å²) in [6, 6.07) is 12.7. The SMILES string of the molecule is N[N+](=O)c1c[c]cc(Oc2ccc(F)cc2)c1. The van der Waals surface area contributed by atoms with Crippen molar-refractivity contribution in [1.29, 1.82) is 0 Å². The third-order valence-corrected chi connectivity index (χ3v) is 2.05. The van der Waals surface area contributed by atoms with E-state index in [1.54, 1.807) is 6.07 Å². The summed E-state index contributed by atoms with van der Waals surface area (Å²) in [7, 11) is 0. The average Bonchev–Trinajstić information content (AvgIpc) is 2.32. The van der Waals surface area contributed by atoms with Crippen LogP contribution in [0.15, 0.2) is 42.5 Å². The molecular formula is C12H9FN2O2+. The Bertz CT molecular complexity index is 540. The molecule has 2 rings (SSSR count). The highest BCUT2D eigenvalue weighted by Crippen LogP contribution is 2.24. The predicted octanol–water partition coefficient (Wildman–Crippen LogP) is 2.70. The van der Waals surface area contributed by atoms with Gasteiger partial charge in [-0.3, -0.25) is 0 Å². The van der Waals surface area contributed by atoms with Crippen LogP contribution in [0, 0.1) is 16.8 Å². The van der Waals surface area contributed by atoms with Gasteiger partial charge in [-0.2, -0.15) is 5.84 Å². The molecule has 0 fully saturated rings. The molecule has 4 nitrogen and oxygen atoms in total. The molecule has 0 aliphatic heterocycles. The Kier molecular flexibility index (Phi) is 3.00. The number of halogens is 1. The van der Waals surface area contributed by atoms with Crippen LogP contribution in [0.2, 0.25) is 0 Å². The summed E-state index contributed by atoms with van der Waals surface area (Å²) in [6.45, 7) is 0. The number of nitrogens with two attached hydrogens (primary N) is 1. The van der Waals surface area contributed by atoms with Crippen LogP contribution < -0.4 is 10.6 Å². The lowest BCUT2D eigenvalue weighted by atomic mass is 10.3. The molecule has 0 atom stereocenters. The molecule has 2 N–H and O–H groups in total. The molecular weight excluding hydrogens is 223 g/mol. The third-order valence-electron chi connectivity index (χ3n) is 2.05. The maximum atomic E-state index is 12.7. The standard InChI is InChI=1S/C12H9FN2O2/c13-9-4-6-11(7-5-9)17-12-3-1-2-10(8-12)15(14)16/h2-8H,(H2,14,16)/q+1. The van der Waals surface area contributed by atoms with Crippen LogP contribution in [0.5, 0.6) is 11.5 Å². The minimum atomic E-state index is -0.342. The molecule has 0 spiro atoms. The highest BCUT2D eigenvalue weighted by atomic mass is 19.1. The lowest BCUT2D eigenvalue weighted by molar-refractivity contribution is -0.474. The van der Waals surface area contributed by atoms with Gasteiger partial charge in [-0.05, 0) is 36.4 Å². The summed E-state index contributed by atoms with van der Waals surface area (Å²) in [5, 5.41) is 0. The summed E-state index contributed by atoms with van der Waals surface area (Å²) in [5.41, 5.74) is 0.226. The molecule has 0 aliphatic rings. The van der Waals surface area contributed by atoms with Crippen molar-refractivity contribution < 1.29 is 14.0 Å². The number of hydrogen-bond acceptors (Lipinski definition) is 2. The minimum absolute atomic E-state index is 0.216. The first-order valence-corrected chi connectivity index (χ1v) is 4.82. The fourth-order valence-corrected chi connectivity index (χ4v) is 1.26. The van der Waals surface area contributed by atoms with Crippen LogP contribution in [0.1, 0.15) is 0 Å². The summed E-state index contributed by atoms with van der Waals surface area (Å²) in [5.74, 6) is 5.57. The number of benzene rings is 2. The third kappa shape index (κ3) is 2.78. The summed E-state index contributed by atoms with van der Waals surface area (Å²) in [6.07, 6.45) is 0. The monoisotopic (exact) mass is 232 g/mol. The maximum Gasteiger partial charge on any atom is 0.295 e. The topological polar surface area (TPSA) is 55.3 Å². The molecule has 85 valence electrons. The van der Waals surface area contributed by atoms with Gasteiger partial charge in [-0.25, -0.2) is 4.39 Å². The molecule has 2 aromatic rings. The van der Waals surface area contributed by atoms with E-state index in [-0.39, 0.29) is 16.4 Å². The lowest BCUT2D eigenvalue weighted by Crippen LogP contribution is -2.08. The zero-order chi connectivity index (χ0) is 12.3. The highest BCUT2D eigenvalue weighted by molar-refractivity contribution is 5.39. The van der Waals surface area contributed by atoms with Crippen molar-refractivity contribution in [3.63, 3.8) is 0 Å². The minimum Gasteiger partial charge on any atom is -0.457 e. The zero-order valence-corrected chi connectivity index (χ0v) is 8.76. The van der Waals surface area contributed by atoms with Gasteiger partial charge in [0.15, 0.2) is 4.87 Å². The lowest BCUT2D eigenvalue weighted by Gasteiger charge is -2.04. The molecule has 17 heavy (non-hydrogen) atoms. The van der Waals surface area contributed by atoms with E-state index in [0.29, 0.717) is 11.5 Å². The predicted molar refractivity (Wildman–Crippen MR) is 59.2 cm³/mol. The summed E-state index contributed by atoms with van der Waals surface area (Å²) in [4.78, 5) is 11.1. The molecule has 0 saturated heterocycles. The van der Waals surface area contributed by atoms with E-state index in [1.165, 1.54) is 36.4 Å². The van der Waals surface area contributed by atoms with Crippen molar-refractivity contribution in [2.75, 3.05) is 0 Å². The van der Waals surface area contributed by atoms with Gasteiger partial charge in [0.2, 0.25) is 0 Å². The Hall–Kier alpha value is -2.43. The number of hydrogen-bond donors (Lipinski definition) is 1. The van der Waals surface area contributed by atoms with Gasteiger partial charge in [-0.15, -0.1) is 0 Å². The average molecular weight is 232 g/mol. The molecule has 0 amide bonds. The normalized spacial score (nSPS) is 9.94. The molecule has 0 aromatic heterocycles. The van der Waals surface area contributed by atoms with E-state index in [1.807, 2.05) is 0 Å². The molecule has 0 aliphatic carbocycles. The second-order valence-electron chi connectivity index (χ2n) is 3.31. The van der Waals surface area contributed by atoms with E-state index < -0.39 is 0 Å². The first kappa shape index (κ1) is 11.1. The van der Waals surface area contributed by atoms with Crippen LogP contribution in [0.25, 0.3) is 0 Å². The van der Waals surface area contributed by atoms with E-state index in [0.717, 1.165) is 0 Å². The van der Waals surface area contributed by atoms with Crippen LogP contribution >= 0.6 is 0 Å². The molecule has 0 bridgehead atoms. The van der Waals surface area contributed by atoms with Crippen LogP contribution in [-0.2, 0) is 0 Å². The fraction of sp³-hybridized carbons (Fsp3) is 0. The molecule has 1 radical (unpaired) electrons. The number of nitroso groups, excluding NO2 is 1. The number of ether oxygens (including phenoxy) is 1. The highest BCUT2D eigenvalue weighted by Gasteiger charge is 2.09. The Morgan fingerprint density at radius 3 is 2.53 bits per heavy atom. The van der Waals surface area contributed by atoms with Gasteiger partial charge >= 0.3 is 0 Å². The second-order valence-corrected chi connectivity index (χ2v) is 3.31. The molecule has 0 heterocycles. The Balaban J connectivity index is 2.21. The second kappa shape index (κ2) is 4.61. The van der Waals surface area contributed by atoms with E-state index in [9.17, 15) is 9.30 Å². The van der Waals surface area contributed by atoms with Crippen molar-refractivity contribution in [2.24, 2.45) is 5.84 Å². The fourth-order valence-electron chi connectivity index (χ4n) is 1.26. The number of hydrazine groups is 1. The Morgan fingerprint density at radius 2 is 1.88 bits per heavy atom.